The van der Waals surface area contributed by atoms with E-state index in [1.165, 1.54) is 6.20 Å². The molecule has 0 fully saturated rings. The van der Waals surface area contributed by atoms with Crippen LogP contribution in [-0.2, 0) is 6.54 Å². The van der Waals surface area contributed by atoms with Crippen LogP contribution in [0.5, 0.6) is 0 Å². The van der Waals surface area contributed by atoms with E-state index in [4.69, 9.17) is 0 Å². The Morgan fingerprint density at radius 1 is 1.06 bits per heavy atom. The number of pyridine rings is 1. The van der Waals surface area contributed by atoms with Crippen LogP contribution in [0.4, 0.5) is 5.69 Å². The van der Waals surface area contributed by atoms with Crippen molar-refractivity contribution >= 4 is 11.7 Å². The summed E-state index contributed by atoms with van der Waals surface area (Å²) in [5.74, 6) is -0.356. The molecule has 2 aromatic carbocycles. The highest BCUT2D eigenvalue weighted by molar-refractivity contribution is 5.94. The molecule has 8 nitrogen and oxygen atoms in total. The van der Waals surface area contributed by atoms with E-state index in [-0.39, 0.29) is 5.56 Å². The molecule has 0 saturated heterocycles. The number of hydrogen-bond acceptors (Lipinski definition) is 6. The molecule has 156 valence electrons. The summed E-state index contributed by atoms with van der Waals surface area (Å²) in [5.41, 5.74) is 4.98. The Bertz CT molecular complexity index is 1160. The normalized spacial score (nSPS) is 10.7. The SMILES string of the molecule is CCCN(Cc1ccc(-c2ccccc2-c2nnn[nH]2)cc1)c1ccncc1C(=O)O. The van der Waals surface area contributed by atoms with E-state index >= 15 is 0 Å². The fourth-order valence-electron chi connectivity index (χ4n) is 3.61. The summed E-state index contributed by atoms with van der Waals surface area (Å²) in [6.45, 7) is 3.42. The van der Waals surface area contributed by atoms with E-state index in [9.17, 15) is 9.90 Å². The summed E-state index contributed by atoms with van der Waals surface area (Å²) in [7, 11) is 0. The third kappa shape index (κ3) is 4.42. The molecule has 0 aliphatic rings. The molecular formula is C23H22N6O2. The number of H-pyrrole nitrogens is 1. The van der Waals surface area contributed by atoms with Crippen LogP contribution >= 0.6 is 0 Å². The van der Waals surface area contributed by atoms with Crippen molar-refractivity contribution < 1.29 is 9.90 Å². The number of carboxylic acids is 1. The van der Waals surface area contributed by atoms with Gasteiger partial charge in [-0.2, -0.15) is 0 Å². The van der Waals surface area contributed by atoms with E-state index in [0.29, 0.717) is 18.1 Å². The van der Waals surface area contributed by atoms with Gasteiger partial charge in [0.15, 0.2) is 5.82 Å². The second-order valence-electron chi connectivity index (χ2n) is 7.11. The van der Waals surface area contributed by atoms with Gasteiger partial charge in [-0.15, -0.1) is 5.10 Å². The van der Waals surface area contributed by atoms with Gasteiger partial charge in [0, 0.05) is 31.0 Å². The molecule has 0 unspecified atom stereocenters. The molecule has 0 aliphatic heterocycles. The van der Waals surface area contributed by atoms with Gasteiger partial charge in [0.05, 0.1) is 5.69 Å². The van der Waals surface area contributed by atoms with Gasteiger partial charge in [0.2, 0.25) is 0 Å². The number of anilines is 1. The Labute approximate surface area is 179 Å². The average Bonchev–Trinajstić information content (AvgIpc) is 3.34. The number of benzene rings is 2. The molecule has 0 bridgehead atoms. The van der Waals surface area contributed by atoms with Gasteiger partial charge >= 0.3 is 5.97 Å². The minimum absolute atomic E-state index is 0.210. The largest absolute Gasteiger partial charge is 0.478 e. The number of aromatic amines is 1. The van der Waals surface area contributed by atoms with Gasteiger partial charge in [-0.1, -0.05) is 55.5 Å². The number of nitrogens with one attached hydrogen (secondary N) is 1. The maximum atomic E-state index is 11.6. The lowest BCUT2D eigenvalue weighted by molar-refractivity contribution is 0.0697. The first kappa shape index (κ1) is 20.2. The summed E-state index contributed by atoms with van der Waals surface area (Å²) in [4.78, 5) is 17.7. The smallest absolute Gasteiger partial charge is 0.339 e. The first-order valence-corrected chi connectivity index (χ1v) is 10.0. The molecule has 2 aromatic heterocycles. The van der Waals surface area contributed by atoms with E-state index in [0.717, 1.165) is 35.2 Å². The quantitative estimate of drug-likeness (QED) is 0.448. The summed E-state index contributed by atoms with van der Waals surface area (Å²) < 4.78 is 0. The second-order valence-corrected chi connectivity index (χ2v) is 7.11. The van der Waals surface area contributed by atoms with E-state index in [1.807, 2.05) is 24.3 Å². The Hall–Kier alpha value is -4.07. The lowest BCUT2D eigenvalue weighted by Crippen LogP contribution is -2.25. The number of tetrazole rings is 1. The topological polar surface area (TPSA) is 108 Å². The van der Waals surface area contributed by atoms with Crippen molar-refractivity contribution in [2.24, 2.45) is 0 Å². The van der Waals surface area contributed by atoms with Crippen LogP contribution in [0.25, 0.3) is 22.5 Å². The molecule has 8 heteroatoms. The Morgan fingerprint density at radius 2 is 1.84 bits per heavy atom. The third-order valence-electron chi connectivity index (χ3n) is 5.03. The molecule has 0 radical (unpaired) electrons. The first-order chi connectivity index (χ1) is 15.2. The monoisotopic (exact) mass is 414 g/mol. The minimum Gasteiger partial charge on any atom is -0.478 e. The summed E-state index contributed by atoms with van der Waals surface area (Å²) in [6.07, 6.45) is 3.93. The highest BCUT2D eigenvalue weighted by Gasteiger charge is 2.16. The van der Waals surface area contributed by atoms with Crippen LogP contribution in [0.2, 0.25) is 0 Å². The van der Waals surface area contributed by atoms with Crippen molar-refractivity contribution in [1.82, 2.24) is 25.6 Å². The van der Waals surface area contributed by atoms with Crippen molar-refractivity contribution in [3.8, 4) is 22.5 Å². The molecular weight excluding hydrogens is 392 g/mol. The predicted molar refractivity (Wildman–Crippen MR) is 118 cm³/mol. The van der Waals surface area contributed by atoms with Crippen LogP contribution < -0.4 is 4.90 Å². The number of carbonyl (C=O) groups is 1. The van der Waals surface area contributed by atoms with Crippen molar-refractivity contribution in [3.05, 3.63) is 78.1 Å². The number of hydrogen-bond donors (Lipinski definition) is 2. The lowest BCUT2D eigenvalue weighted by atomic mass is 9.98. The highest BCUT2D eigenvalue weighted by Crippen LogP contribution is 2.30. The molecule has 0 atom stereocenters. The number of aromatic carboxylic acids is 1. The van der Waals surface area contributed by atoms with Crippen molar-refractivity contribution in [2.45, 2.75) is 19.9 Å². The van der Waals surface area contributed by atoms with Crippen LogP contribution in [0.15, 0.2) is 67.0 Å². The van der Waals surface area contributed by atoms with Crippen LogP contribution in [0.1, 0.15) is 29.3 Å². The molecule has 2 N–H and O–H groups in total. The number of nitrogens with zero attached hydrogens (tertiary/aromatic N) is 5. The van der Waals surface area contributed by atoms with Crippen LogP contribution in [0, 0.1) is 0 Å². The summed E-state index contributed by atoms with van der Waals surface area (Å²) in [6, 6.07) is 18.0. The molecule has 4 aromatic rings. The zero-order valence-electron chi connectivity index (χ0n) is 17.1. The maximum Gasteiger partial charge on any atom is 0.339 e. The fourth-order valence-corrected chi connectivity index (χ4v) is 3.61. The Balaban J connectivity index is 1.61. The number of carboxylic acid groups (broad SMARTS) is 1. The van der Waals surface area contributed by atoms with E-state index in [2.05, 4.69) is 61.7 Å². The highest BCUT2D eigenvalue weighted by atomic mass is 16.4. The zero-order chi connectivity index (χ0) is 21.6. The molecule has 0 saturated carbocycles. The van der Waals surface area contributed by atoms with Gasteiger partial charge in [-0.3, -0.25) is 4.98 Å². The number of rotatable bonds is 8. The van der Waals surface area contributed by atoms with Gasteiger partial charge in [0.1, 0.15) is 5.56 Å². The minimum atomic E-state index is -0.974. The third-order valence-corrected chi connectivity index (χ3v) is 5.03. The van der Waals surface area contributed by atoms with Crippen molar-refractivity contribution in [1.29, 1.82) is 0 Å². The molecule has 31 heavy (non-hydrogen) atoms. The summed E-state index contributed by atoms with van der Waals surface area (Å²) >= 11 is 0. The number of aromatic nitrogens is 5. The van der Waals surface area contributed by atoms with Crippen molar-refractivity contribution in [3.63, 3.8) is 0 Å². The van der Waals surface area contributed by atoms with Gasteiger partial charge < -0.3 is 10.0 Å². The fraction of sp³-hybridized carbons (Fsp3) is 0.174. The Morgan fingerprint density at radius 3 is 2.52 bits per heavy atom. The van der Waals surface area contributed by atoms with E-state index < -0.39 is 5.97 Å². The second kappa shape index (κ2) is 9.17. The standard InChI is InChI=1S/C23H22N6O2/c1-2-13-29(21-11-12-24-14-20(21)23(30)31)15-16-7-9-17(10-8-16)18-5-3-4-6-19(18)22-25-27-28-26-22/h3-12,14H,2,13,15H2,1H3,(H,30,31)(H,25,26,27,28). The van der Waals surface area contributed by atoms with Crippen molar-refractivity contribution in [2.75, 3.05) is 11.4 Å². The van der Waals surface area contributed by atoms with E-state index in [1.54, 1.807) is 12.3 Å². The zero-order valence-corrected chi connectivity index (χ0v) is 17.1. The molecule has 4 rings (SSSR count). The molecule has 0 amide bonds. The maximum absolute atomic E-state index is 11.6. The Kier molecular flexibility index (Phi) is 5.98. The van der Waals surface area contributed by atoms with Crippen LogP contribution in [-0.4, -0.2) is 43.2 Å². The van der Waals surface area contributed by atoms with Gasteiger partial charge in [0.25, 0.3) is 0 Å². The van der Waals surface area contributed by atoms with Gasteiger partial charge in [-0.25, -0.2) is 9.89 Å². The lowest BCUT2D eigenvalue weighted by Gasteiger charge is -2.26. The summed E-state index contributed by atoms with van der Waals surface area (Å²) in [5, 5.41) is 23.7. The predicted octanol–water partition coefficient (Wildman–Crippen LogP) is 4.04. The first-order valence-electron chi connectivity index (χ1n) is 10.0. The molecule has 0 aliphatic carbocycles. The van der Waals surface area contributed by atoms with Crippen LogP contribution in [0.3, 0.4) is 0 Å². The molecule has 0 spiro atoms. The molecule has 2 heterocycles. The average molecular weight is 414 g/mol. The van der Waals surface area contributed by atoms with Gasteiger partial charge in [-0.05, 0) is 39.6 Å².